The van der Waals surface area contributed by atoms with Crippen molar-refractivity contribution in [2.75, 3.05) is 0 Å². The number of hydrogen-bond donors (Lipinski definition) is 0. The first-order valence-electron chi connectivity index (χ1n) is 2.30. The van der Waals surface area contributed by atoms with E-state index in [0.29, 0.717) is 0 Å². The van der Waals surface area contributed by atoms with Gasteiger partial charge in [-0.1, -0.05) is 0 Å². The first-order valence-corrected chi connectivity index (χ1v) is 2.30. The van der Waals surface area contributed by atoms with E-state index in [2.05, 4.69) is 0 Å². The third kappa shape index (κ3) is 4.51. The molecule has 0 fully saturated rings. The highest BCUT2D eigenvalue weighted by molar-refractivity contribution is 5.20. The van der Waals surface area contributed by atoms with Crippen LogP contribution >= 0.6 is 0 Å². The summed E-state index contributed by atoms with van der Waals surface area (Å²) in [5.41, 5.74) is 0. The lowest BCUT2D eigenvalue weighted by molar-refractivity contribution is -0.191. The third-order valence-corrected chi connectivity index (χ3v) is 0.663. The van der Waals surface area contributed by atoms with E-state index in [1.807, 2.05) is 19.1 Å². The van der Waals surface area contributed by atoms with Gasteiger partial charge in [0.1, 0.15) is 5.76 Å². The van der Waals surface area contributed by atoms with Gasteiger partial charge in [0.15, 0.2) is 0 Å². The Morgan fingerprint density at radius 3 is 2.22 bits per heavy atom. The molecular formula is C6H6O3. The van der Waals surface area contributed by atoms with Gasteiger partial charge in [-0.05, 0) is 19.1 Å². The fourth-order valence-electron chi connectivity index (χ4n) is 0.361. The molecule has 48 valence electrons. The van der Waals surface area contributed by atoms with Crippen molar-refractivity contribution in [3.63, 3.8) is 0 Å². The fourth-order valence-corrected chi connectivity index (χ4v) is 0.361. The molecule has 0 atom stereocenters. The van der Waals surface area contributed by atoms with Crippen LogP contribution in [0, 0.1) is 6.92 Å². The number of rotatable bonds is 0. The van der Waals surface area contributed by atoms with Gasteiger partial charge in [0, 0.05) is 0 Å². The summed E-state index contributed by atoms with van der Waals surface area (Å²) in [6.45, 7) is 1.92. The maximum atomic E-state index is 8.12. The van der Waals surface area contributed by atoms with Crippen LogP contribution in [-0.4, -0.2) is 6.15 Å². The highest BCUT2D eigenvalue weighted by atomic mass is 16.3. The monoisotopic (exact) mass is 126 g/mol. The summed E-state index contributed by atoms with van der Waals surface area (Å²) >= 11 is 0. The van der Waals surface area contributed by atoms with Crippen molar-refractivity contribution in [2.45, 2.75) is 6.92 Å². The molecule has 0 amide bonds. The predicted octanol–water partition coefficient (Wildman–Crippen LogP) is 1.00. The van der Waals surface area contributed by atoms with Crippen molar-refractivity contribution < 1.29 is 14.0 Å². The molecule has 1 heterocycles. The molecule has 0 aliphatic heterocycles. The summed E-state index contributed by atoms with van der Waals surface area (Å²) in [6.07, 6.45) is 1.91. The van der Waals surface area contributed by atoms with E-state index < -0.39 is 0 Å². The summed E-state index contributed by atoms with van der Waals surface area (Å²) < 4.78 is 4.83. The zero-order valence-corrected chi connectivity index (χ0v) is 4.96. The topological polar surface area (TPSA) is 47.3 Å². The molecule has 0 radical (unpaired) electrons. The largest absolute Gasteiger partial charge is 0.470 e. The fraction of sp³-hybridized carbons (Fsp3) is 0.167. The molecule has 1 aromatic rings. The average molecular weight is 126 g/mol. The zero-order chi connectivity index (χ0) is 7.11. The molecule has 0 saturated heterocycles. The zero-order valence-electron chi connectivity index (χ0n) is 4.96. The lowest BCUT2D eigenvalue weighted by atomic mass is 10.5. The summed E-state index contributed by atoms with van der Waals surface area (Å²) in [5, 5.41) is 0. The van der Waals surface area contributed by atoms with Gasteiger partial charge in [-0.25, -0.2) is 0 Å². The van der Waals surface area contributed by atoms with E-state index in [4.69, 9.17) is 14.0 Å². The first kappa shape index (κ1) is 7.66. The van der Waals surface area contributed by atoms with E-state index >= 15 is 0 Å². The van der Waals surface area contributed by atoms with Gasteiger partial charge in [0.2, 0.25) is 0 Å². The van der Waals surface area contributed by atoms with Gasteiger partial charge in [-0.2, -0.15) is 9.59 Å². The molecule has 3 heteroatoms. The Morgan fingerprint density at radius 1 is 1.56 bits per heavy atom. The van der Waals surface area contributed by atoms with Crippen LogP contribution < -0.4 is 0 Å². The van der Waals surface area contributed by atoms with Gasteiger partial charge in [0.25, 0.3) is 0 Å². The Hall–Kier alpha value is -1.34. The van der Waals surface area contributed by atoms with Crippen LogP contribution in [0.3, 0.4) is 0 Å². The molecule has 3 nitrogen and oxygen atoms in total. The lowest BCUT2D eigenvalue weighted by Crippen LogP contribution is -1.48. The van der Waals surface area contributed by atoms with Gasteiger partial charge >= 0.3 is 6.15 Å². The molecule has 0 saturated carbocycles. The smallest absolute Gasteiger partial charge is 0.373 e. The number of carbonyl (C=O) groups excluding carboxylic acids is 2. The number of aryl methyl sites for hydroxylation is 1. The van der Waals surface area contributed by atoms with Crippen LogP contribution in [-0.2, 0) is 9.59 Å². The quantitative estimate of drug-likeness (QED) is 0.521. The molecular weight excluding hydrogens is 120 g/mol. The van der Waals surface area contributed by atoms with E-state index in [1.165, 1.54) is 0 Å². The normalized spacial score (nSPS) is 6.78. The maximum absolute atomic E-state index is 8.12. The van der Waals surface area contributed by atoms with Crippen molar-refractivity contribution in [1.29, 1.82) is 0 Å². The standard InChI is InChI=1S/C5H6O.CO2/c1-5-3-2-4-6-5;2-1-3/h2-4H,1H3;. The van der Waals surface area contributed by atoms with E-state index in [9.17, 15) is 0 Å². The summed E-state index contributed by atoms with van der Waals surface area (Å²) in [5.74, 6) is 0.968. The van der Waals surface area contributed by atoms with Crippen LogP contribution in [0.2, 0.25) is 0 Å². The Bertz CT molecular complexity index is 170. The highest BCUT2D eigenvalue weighted by Gasteiger charge is 1.75. The van der Waals surface area contributed by atoms with Crippen LogP contribution in [0.4, 0.5) is 0 Å². The van der Waals surface area contributed by atoms with Crippen LogP contribution in [0.1, 0.15) is 5.76 Å². The van der Waals surface area contributed by atoms with Crippen LogP contribution in [0.5, 0.6) is 0 Å². The molecule has 0 aliphatic carbocycles. The molecule has 1 aromatic heterocycles. The van der Waals surface area contributed by atoms with E-state index in [0.717, 1.165) is 5.76 Å². The maximum Gasteiger partial charge on any atom is 0.373 e. The van der Waals surface area contributed by atoms with Gasteiger partial charge in [-0.15, -0.1) is 0 Å². The van der Waals surface area contributed by atoms with Crippen molar-refractivity contribution in [2.24, 2.45) is 0 Å². The minimum Gasteiger partial charge on any atom is -0.470 e. The molecule has 0 unspecified atom stereocenters. The number of furan rings is 1. The van der Waals surface area contributed by atoms with Crippen molar-refractivity contribution in [3.8, 4) is 0 Å². The molecule has 0 spiro atoms. The summed E-state index contributed by atoms with van der Waals surface area (Å²) in [4.78, 5) is 16.2. The Labute approximate surface area is 52.3 Å². The second kappa shape index (κ2) is 4.81. The molecule has 0 aromatic carbocycles. The highest BCUT2D eigenvalue weighted by Crippen LogP contribution is 1.93. The Morgan fingerprint density at radius 2 is 2.11 bits per heavy atom. The molecule has 0 bridgehead atoms. The summed E-state index contributed by atoms with van der Waals surface area (Å²) in [7, 11) is 0. The van der Waals surface area contributed by atoms with Crippen LogP contribution in [0.15, 0.2) is 22.8 Å². The van der Waals surface area contributed by atoms with E-state index in [1.54, 1.807) is 6.26 Å². The van der Waals surface area contributed by atoms with Gasteiger partial charge in [0.05, 0.1) is 6.26 Å². The van der Waals surface area contributed by atoms with Crippen molar-refractivity contribution >= 4 is 6.15 Å². The summed E-state index contributed by atoms with van der Waals surface area (Å²) in [6, 6.07) is 3.79. The lowest BCUT2D eigenvalue weighted by Gasteiger charge is -1.69. The predicted molar refractivity (Wildman–Crippen MR) is 28.5 cm³/mol. The molecule has 9 heavy (non-hydrogen) atoms. The van der Waals surface area contributed by atoms with Crippen molar-refractivity contribution in [1.82, 2.24) is 0 Å². The third-order valence-electron chi connectivity index (χ3n) is 0.663. The Balaban J connectivity index is 0.000000187. The molecule has 0 aliphatic rings. The first-order chi connectivity index (χ1) is 4.31. The number of hydrogen-bond acceptors (Lipinski definition) is 3. The van der Waals surface area contributed by atoms with Gasteiger partial charge in [-0.3, -0.25) is 0 Å². The second-order valence-electron chi connectivity index (χ2n) is 1.31. The van der Waals surface area contributed by atoms with Gasteiger partial charge < -0.3 is 4.42 Å². The minimum absolute atomic E-state index is 0.250. The minimum atomic E-state index is 0.250. The molecule has 1 rings (SSSR count). The van der Waals surface area contributed by atoms with E-state index in [-0.39, 0.29) is 6.15 Å². The van der Waals surface area contributed by atoms with Crippen LogP contribution in [0.25, 0.3) is 0 Å². The second-order valence-corrected chi connectivity index (χ2v) is 1.31. The molecule has 0 N–H and O–H groups in total. The van der Waals surface area contributed by atoms with Crippen molar-refractivity contribution in [3.05, 3.63) is 24.2 Å². The average Bonchev–Trinajstić information content (AvgIpc) is 2.20. The SMILES string of the molecule is Cc1ccco1.O=C=O. The Kier molecular flexibility index (Phi) is 4.09.